The predicted molar refractivity (Wildman–Crippen MR) is 120 cm³/mol. The molecule has 7 N–H and O–H groups in total. The maximum absolute atomic E-state index is 13.5. The molecule has 1 aliphatic rings. The molecule has 0 aliphatic carbocycles. The van der Waals surface area contributed by atoms with E-state index in [9.17, 15) is 40.5 Å². The highest BCUT2D eigenvalue weighted by Crippen LogP contribution is 2.43. The molecule has 0 saturated carbocycles. The zero-order valence-corrected chi connectivity index (χ0v) is 19.0. The van der Waals surface area contributed by atoms with Crippen molar-refractivity contribution in [1.29, 1.82) is 0 Å². The van der Waals surface area contributed by atoms with E-state index < -0.39 is 60.0 Å². The molecule has 1 fully saturated rings. The normalized spacial score (nSPS) is 24.0. The second-order valence-corrected chi connectivity index (χ2v) is 7.97. The molecule has 36 heavy (non-hydrogen) atoms. The van der Waals surface area contributed by atoms with Gasteiger partial charge in [-0.05, 0) is 12.1 Å². The molecule has 0 radical (unpaired) electrons. The zero-order valence-electron chi connectivity index (χ0n) is 19.0. The van der Waals surface area contributed by atoms with Crippen LogP contribution in [0, 0.1) is 0 Å². The Hall–Kier alpha value is -3.75. The fraction of sp³-hybridized carbons (Fsp3) is 0.348. The molecule has 4 rings (SSSR count). The van der Waals surface area contributed by atoms with Gasteiger partial charge in [-0.3, -0.25) is 4.79 Å². The van der Waals surface area contributed by atoms with E-state index in [-0.39, 0.29) is 39.5 Å². The Bertz CT molecular complexity index is 1310. The molecule has 194 valence electrons. The number of fused-ring (bicyclic) bond motifs is 1. The summed E-state index contributed by atoms with van der Waals surface area (Å²) in [5.41, 5.74) is -1.12. The number of aromatic hydroxyl groups is 3. The van der Waals surface area contributed by atoms with Crippen LogP contribution in [0.2, 0.25) is 0 Å². The molecular formula is C23H24O13. The van der Waals surface area contributed by atoms with Crippen LogP contribution < -0.4 is 19.6 Å². The summed E-state index contributed by atoms with van der Waals surface area (Å²) in [5.74, 6) is -2.44. The lowest BCUT2D eigenvalue weighted by molar-refractivity contribution is -0.277. The second-order valence-electron chi connectivity index (χ2n) is 7.97. The molecule has 1 aliphatic heterocycles. The fourth-order valence-corrected chi connectivity index (χ4v) is 3.87. The van der Waals surface area contributed by atoms with Crippen molar-refractivity contribution in [3.63, 3.8) is 0 Å². The van der Waals surface area contributed by atoms with Crippen LogP contribution in [0.5, 0.6) is 34.5 Å². The van der Waals surface area contributed by atoms with Crippen LogP contribution in [0.1, 0.15) is 0 Å². The number of benzene rings is 2. The summed E-state index contributed by atoms with van der Waals surface area (Å²) in [6, 6.07) is 4.55. The molecule has 1 saturated heterocycles. The average Bonchev–Trinajstić information content (AvgIpc) is 2.85. The number of phenolic OH excluding ortho intramolecular Hbond substituents is 3. The number of phenols is 3. The molecule has 0 bridgehead atoms. The van der Waals surface area contributed by atoms with Crippen LogP contribution in [-0.4, -0.2) is 87.3 Å². The van der Waals surface area contributed by atoms with Crippen molar-refractivity contribution in [2.45, 2.75) is 30.7 Å². The molecule has 0 spiro atoms. The number of rotatable bonds is 6. The zero-order chi connectivity index (χ0) is 26.3. The minimum absolute atomic E-state index is 0.0651. The van der Waals surface area contributed by atoms with Gasteiger partial charge in [-0.2, -0.15) is 0 Å². The van der Waals surface area contributed by atoms with Crippen LogP contribution in [0.3, 0.4) is 0 Å². The topological polar surface area (TPSA) is 209 Å². The van der Waals surface area contributed by atoms with Gasteiger partial charge in [0.05, 0.1) is 20.8 Å². The maximum Gasteiger partial charge on any atom is 0.239 e. The highest BCUT2D eigenvalue weighted by Gasteiger charge is 2.45. The number of hydrogen-bond donors (Lipinski definition) is 7. The third kappa shape index (κ3) is 4.23. The summed E-state index contributed by atoms with van der Waals surface area (Å²) in [6.07, 6.45) is -8.42. The van der Waals surface area contributed by atoms with Crippen LogP contribution >= 0.6 is 0 Å². The largest absolute Gasteiger partial charge is 0.508 e. The number of hydrogen-bond acceptors (Lipinski definition) is 13. The minimum atomic E-state index is -1.86. The Labute approximate surface area is 202 Å². The SMILES string of the molecule is COc1cc(-c2oc3cc(O)cc(O)c3c(=O)c2O[C@@H]2OC(CO)[C@@H](O)[C@@H](O)C2O)cc(OC)c1O. The first kappa shape index (κ1) is 25.3. The van der Waals surface area contributed by atoms with Gasteiger partial charge in [0.1, 0.15) is 46.9 Å². The lowest BCUT2D eigenvalue weighted by atomic mass is 9.99. The Morgan fingerprint density at radius 1 is 0.917 bits per heavy atom. The van der Waals surface area contributed by atoms with Gasteiger partial charge >= 0.3 is 0 Å². The summed E-state index contributed by atoms with van der Waals surface area (Å²) in [6.45, 7) is -0.740. The third-order valence-electron chi connectivity index (χ3n) is 5.74. The van der Waals surface area contributed by atoms with Gasteiger partial charge in [-0.15, -0.1) is 0 Å². The first-order valence-electron chi connectivity index (χ1n) is 10.6. The molecule has 2 aromatic carbocycles. The van der Waals surface area contributed by atoms with Crippen LogP contribution in [0.25, 0.3) is 22.3 Å². The van der Waals surface area contributed by atoms with Crippen LogP contribution in [-0.2, 0) is 4.74 Å². The van der Waals surface area contributed by atoms with Crippen molar-refractivity contribution in [3.05, 3.63) is 34.5 Å². The maximum atomic E-state index is 13.5. The highest BCUT2D eigenvalue weighted by molar-refractivity contribution is 5.88. The molecule has 13 heteroatoms. The van der Waals surface area contributed by atoms with Crippen molar-refractivity contribution in [2.24, 2.45) is 0 Å². The van der Waals surface area contributed by atoms with E-state index in [1.165, 1.54) is 26.4 Å². The van der Waals surface area contributed by atoms with Gasteiger partial charge in [-0.25, -0.2) is 0 Å². The second kappa shape index (κ2) is 9.72. The van der Waals surface area contributed by atoms with E-state index in [1.54, 1.807) is 0 Å². The standard InChI is InChI=1S/C23H24O13/c1-32-12-3-8(4-13(33-2)16(12)27)21-22(18(29)15-10(26)5-9(25)6-11(15)34-21)36-23-20(31)19(30)17(28)14(7-24)35-23/h3-6,14,17,19-20,23-28,30-31H,7H2,1-2H3/t14?,17-,19-,20?,23+/m1/s1. The number of ether oxygens (including phenoxy) is 4. The fourth-order valence-electron chi connectivity index (χ4n) is 3.87. The number of aliphatic hydroxyl groups is 4. The van der Waals surface area contributed by atoms with Crippen molar-refractivity contribution >= 4 is 11.0 Å². The molecule has 0 amide bonds. The van der Waals surface area contributed by atoms with Gasteiger partial charge in [0.2, 0.25) is 23.2 Å². The lowest BCUT2D eigenvalue weighted by Gasteiger charge is -2.39. The molecule has 13 nitrogen and oxygen atoms in total. The van der Waals surface area contributed by atoms with E-state index in [2.05, 4.69) is 0 Å². The third-order valence-corrected chi connectivity index (χ3v) is 5.74. The van der Waals surface area contributed by atoms with E-state index in [0.29, 0.717) is 0 Å². The lowest BCUT2D eigenvalue weighted by Crippen LogP contribution is -2.60. The molecular weight excluding hydrogens is 484 g/mol. The van der Waals surface area contributed by atoms with E-state index in [4.69, 9.17) is 23.4 Å². The van der Waals surface area contributed by atoms with Crippen LogP contribution in [0.15, 0.2) is 33.5 Å². The van der Waals surface area contributed by atoms with E-state index in [1.807, 2.05) is 0 Å². The predicted octanol–water partition coefficient (Wildman–Crippen LogP) is -0.227. The quantitative estimate of drug-likeness (QED) is 0.230. The Balaban J connectivity index is 1.96. The summed E-state index contributed by atoms with van der Waals surface area (Å²) in [5, 5.41) is 70.1. The molecule has 2 unspecified atom stereocenters. The number of methoxy groups -OCH3 is 2. The number of aliphatic hydroxyl groups excluding tert-OH is 4. The first-order valence-corrected chi connectivity index (χ1v) is 10.6. The molecule has 3 aromatic rings. The van der Waals surface area contributed by atoms with E-state index >= 15 is 0 Å². The van der Waals surface area contributed by atoms with Crippen molar-refractivity contribution in [1.82, 2.24) is 0 Å². The Morgan fingerprint density at radius 2 is 1.56 bits per heavy atom. The summed E-state index contributed by atoms with van der Waals surface area (Å²) in [7, 11) is 2.55. The van der Waals surface area contributed by atoms with Gasteiger partial charge in [0.15, 0.2) is 17.3 Å². The minimum Gasteiger partial charge on any atom is -0.508 e. The average molecular weight is 508 g/mol. The summed E-state index contributed by atoms with van der Waals surface area (Å²) >= 11 is 0. The van der Waals surface area contributed by atoms with Crippen molar-refractivity contribution in [2.75, 3.05) is 20.8 Å². The Morgan fingerprint density at radius 3 is 2.14 bits per heavy atom. The molecule has 2 heterocycles. The Kier molecular flexibility index (Phi) is 6.84. The van der Waals surface area contributed by atoms with Crippen LogP contribution in [0.4, 0.5) is 0 Å². The van der Waals surface area contributed by atoms with Gasteiger partial charge in [0.25, 0.3) is 0 Å². The van der Waals surface area contributed by atoms with Gasteiger partial charge in [0, 0.05) is 17.7 Å². The van der Waals surface area contributed by atoms with Gasteiger partial charge < -0.3 is 59.1 Å². The van der Waals surface area contributed by atoms with Gasteiger partial charge in [-0.1, -0.05) is 0 Å². The molecule has 5 atom stereocenters. The monoisotopic (exact) mass is 508 g/mol. The highest BCUT2D eigenvalue weighted by atomic mass is 16.7. The van der Waals surface area contributed by atoms with E-state index in [0.717, 1.165) is 12.1 Å². The smallest absolute Gasteiger partial charge is 0.239 e. The summed E-state index contributed by atoms with van der Waals surface area (Å²) < 4.78 is 27.1. The van der Waals surface area contributed by atoms with Crippen molar-refractivity contribution in [3.8, 4) is 45.8 Å². The van der Waals surface area contributed by atoms with Crippen molar-refractivity contribution < 1.29 is 59.1 Å². The first-order chi connectivity index (χ1) is 17.1. The summed E-state index contributed by atoms with van der Waals surface area (Å²) in [4.78, 5) is 13.5. The molecule has 1 aromatic heterocycles.